The van der Waals surface area contributed by atoms with Crippen LogP contribution in [0.4, 0.5) is 10.1 Å². The third kappa shape index (κ3) is 2.91. The number of hydrogen-bond donors (Lipinski definition) is 1. The summed E-state index contributed by atoms with van der Waals surface area (Å²) in [6.45, 7) is 4.69. The molecule has 4 nitrogen and oxygen atoms in total. The molecule has 0 saturated carbocycles. The first kappa shape index (κ1) is 13.1. The Hall–Kier alpha value is -2.35. The van der Waals surface area contributed by atoms with Gasteiger partial charge in [-0.2, -0.15) is 5.26 Å². The molecule has 0 atom stereocenters. The van der Waals surface area contributed by atoms with E-state index in [0.29, 0.717) is 23.8 Å². The number of rotatable bonds is 4. The van der Waals surface area contributed by atoms with E-state index in [9.17, 15) is 4.39 Å². The molecule has 0 aliphatic carbocycles. The van der Waals surface area contributed by atoms with Gasteiger partial charge in [0.1, 0.15) is 11.9 Å². The molecule has 1 aromatic heterocycles. The molecule has 1 heterocycles. The van der Waals surface area contributed by atoms with Gasteiger partial charge in [-0.3, -0.25) is 0 Å². The molecule has 98 valence electrons. The van der Waals surface area contributed by atoms with Gasteiger partial charge in [0, 0.05) is 12.2 Å². The second-order valence-electron chi connectivity index (χ2n) is 4.54. The zero-order valence-corrected chi connectivity index (χ0v) is 10.9. The van der Waals surface area contributed by atoms with Crippen LogP contribution in [0.3, 0.4) is 0 Å². The van der Waals surface area contributed by atoms with Crippen molar-refractivity contribution in [1.29, 1.82) is 5.26 Å². The first-order chi connectivity index (χ1) is 9.11. The fraction of sp³-hybridized carbons (Fsp3) is 0.286. The van der Waals surface area contributed by atoms with E-state index in [-0.39, 0.29) is 0 Å². The van der Waals surface area contributed by atoms with Crippen LogP contribution in [-0.2, 0) is 6.54 Å². The number of nitrogens with zero attached hydrogens (tertiary/aromatic N) is 3. The van der Waals surface area contributed by atoms with E-state index in [4.69, 9.17) is 5.26 Å². The van der Waals surface area contributed by atoms with Crippen molar-refractivity contribution in [3.05, 3.63) is 47.8 Å². The molecule has 0 aliphatic rings. The Morgan fingerprint density at radius 1 is 1.47 bits per heavy atom. The summed E-state index contributed by atoms with van der Waals surface area (Å²) in [5, 5.41) is 12.1. The number of hydrogen-bond acceptors (Lipinski definition) is 3. The van der Waals surface area contributed by atoms with E-state index in [1.54, 1.807) is 18.6 Å². The van der Waals surface area contributed by atoms with Gasteiger partial charge in [0.2, 0.25) is 0 Å². The van der Waals surface area contributed by atoms with Gasteiger partial charge >= 0.3 is 0 Å². The molecule has 19 heavy (non-hydrogen) atoms. The summed E-state index contributed by atoms with van der Waals surface area (Å²) in [6.07, 6.45) is 3.56. The van der Waals surface area contributed by atoms with Crippen molar-refractivity contribution in [1.82, 2.24) is 9.55 Å². The van der Waals surface area contributed by atoms with Crippen molar-refractivity contribution in [2.24, 2.45) is 0 Å². The topological polar surface area (TPSA) is 53.6 Å². The summed E-state index contributed by atoms with van der Waals surface area (Å²) >= 11 is 0. The van der Waals surface area contributed by atoms with Crippen LogP contribution in [0, 0.1) is 17.1 Å². The number of imidazole rings is 1. The van der Waals surface area contributed by atoms with Crippen LogP contribution >= 0.6 is 0 Å². The summed E-state index contributed by atoms with van der Waals surface area (Å²) in [6, 6.07) is 6.44. The predicted molar refractivity (Wildman–Crippen MR) is 71.1 cm³/mol. The highest BCUT2D eigenvalue weighted by Crippen LogP contribution is 2.17. The summed E-state index contributed by atoms with van der Waals surface area (Å²) in [7, 11) is 0. The molecule has 0 spiro atoms. The highest BCUT2D eigenvalue weighted by atomic mass is 19.1. The minimum absolute atomic E-state index is 0.301. The van der Waals surface area contributed by atoms with Crippen molar-refractivity contribution in [2.75, 3.05) is 5.32 Å². The van der Waals surface area contributed by atoms with E-state index in [2.05, 4.69) is 24.1 Å². The summed E-state index contributed by atoms with van der Waals surface area (Å²) < 4.78 is 15.1. The first-order valence-corrected chi connectivity index (χ1v) is 6.06. The Balaban J connectivity index is 2.15. The molecule has 0 unspecified atom stereocenters. The maximum Gasteiger partial charge on any atom is 0.124 e. The van der Waals surface area contributed by atoms with Gasteiger partial charge in [-0.05, 0) is 32.0 Å². The standard InChI is InChI=1S/C14H15FN4/c1-10(2)19-9-17-7-13(19)8-18-14-4-3-12(15)5-11(14)6-16/h3-5,7,9-10,18H,8H2,1-2H3. The van der Waals surface area contributed by atoms with Crippen LogP contribution in [-0.4, -0.2) is 9.55 Å². The molecule has 0 aliphatic heterocycles. The summed E-state index contributed by atoms with van der Waals surface area (Å²) in [4.78, 5) is 4.11. The molecule has 2 aromatic rings. The zero-order chi connectivity index (χ0) is 13.8. The molecule has 1 aromatic carbocycles. The smallest absolute Gasteiger partial charge is 0.124 e. The number of aromatic nitrogens is 2. The van der Waals surface area contributed by atoms with E-state index in [0.717, 1.165) is 5.69 Å². The summed E-state index contributed by atoms with van der Waals surface area (Å²) in [5.74, 6) is -0.408. The second kappa shape index (κ2) is 5.53. The maximum absolute atomic E-state index is 13.0. The maximum atomic E-state index is 13.0. The quantitative estimate of drug-likeness (QED) is 0.916. The highest BCUT2D eigenvalue weighted by molar-refractivity contribution is 5.57. The molecule has 0 amide bonds. The lowest BCUT2D eigenvalue weighted by Gasteiger charge is -2.13. The van der Waals surface area contributed by atoms with Crippen molar-refractivity contribution in [2.45, 2.75) is 26.4 Å². The zero-order valence-electron chi connectivity index (χ0n) is 10.9. The lowest BCUT2D eigenvalue weighted by molar-refractivity contribution is 0.577. The minimum atomic E-state index is -0.408. The van der Waals surface area contributed by atoms with Crippen LogP contribution in [0.2, 0.25) is 0 Å². The average Bonchev–Trinajstić information content (AvgIpc) is 2.85. The van der Waals surface area contributed by atoms with E-state index in [1.807, 2.05) is 10.6 Å². The third-order valence-electron chi connectivity index (χ3n) is 2.86. The molecule has 5 heteroatoms. The largest absolute Gasteiger partial charge is 0.378 e. The lowest BCUT2D eigenvalue weighted by Crippen LogP contribution is -2.09. The van der Waals surface area contributed by atoms with Gasteiger partial charge in [-0.15, -0.1) is 0 Å². The van der Waals surface area contributed by atoms with Gasteiger partial charge in [-0.1, -0.05) is 0 Å². The Bertz CT molecular complexity index is 610. The predicted octanol–water partition coefficient (Wildman–Crippen LogP) is 3.09. The van der Waals surface area contributed by atoms with E-state index >= 15 is 0 Å². The highest BCUT2D eigenvalue weighted by Gasteiger charge is 2.07. The molecular formula is C14H15FN4. The van der Waals surface area contributed by atoms with Crippen molar-refractivity contribution in [3.8, 4) is 6.07 Å². The molecule has 2 rings (SSSR count). The second-order valence-corrected chi connectivity index (χ2v) is 4.54. The first-order valence-electron chi connectivity index (χ1n) is 6.06. The molecule has 1 N–H and O–H groups in total. The Morgan fingerprint density at radius 3 is 2.95 bits per heavy atom. The number of anilines is 1. The number of benzene rings is 1. The van der Waals surface area contributed by atoms with Crippen molar-refractivity contribution >= 4 is 5.69 Å². The van der Waals surface area contributed by atoms with Crippen LogP contribution in [0.25, 0.3) is 0 Å². The fourth-order valence-corrected chi connectivity index (χ4v) is 1.88. The van der Waals surface area contributed by atoms with Crippen molar-refractivity contribution in [3.63, 3.8) is 0 Å². The van der Waals surface area contributed by atoms with Gasteiger partial charge in [0.15, 0.2) is 0 Å². The van der Waals surface area contributed by atoms with Gasteiger partial charge in [0.25, 0.3) is 0 Å². The lowest BCUT2D eigenvalue weighted by atomic mass is 10.2. The average molecular weight is 258 g/mol. The Labute approximate surface area is 111 Å². The number of nitrogens with one attached hydrogen (secondary N) is 1. The van der Waals surface area contributed by atoms with E-state index < -0.39 is 5.82 Å². The minimum Gasteiger partial charge on any atom is -0.378 e. The molecule has 0 bridgehead atoms. The van der Waals surface area contributed by atoms with Gasteiger partial charge in [-0.25, -0.2) is 9.37 Å². The van der Waals surface area contributed by atoms with Crippen LogP contribution in [0.1, 0.15) is 31.1 Å². The fourth-order valence-electron chi connectivity index (χ4n) is 1.88. The summed E-state index contributed by atoms with van der Waals surface area (Å²) in [5.41, 5.74) is 1.94. The normalized spacial score (nSPS) is 10.5. The van der Waals surface area contributed by atoms with Crippen LogP contribution < -0.4 is 5.32 Å². The molecule has 0 fully saturated rings. The van der Waals surface area contributed by atoms with Crippen molar-refractivity contribution < 1.29 is 4.39 Å². The third-order valence-corrected chi connectivity index (χ3v) is 2.86. The number of nitriles is 1. The SMILES string of the molecule is CC(C)n1cncc1CNc1ccc(F)cc1C#N. The Kier molecular flexibility index (Phi) is 3.81. The number of halogens is 1. The van der Waals surface area contributed by atoms with Gasteiger partial charge in [0.05, 0.1) is 29.8 Å². The Morgan fingerprint density at radius 2 is 2.26 bits per heavy atom. The van der Waals surface area contributed by atoms with E-state index in [1.165, 1.54) is 12.1 Å². The molecule has 0 saturated heterocycles. The molecular weight excluding hydrogens is 243 g/mol. The van der Waals surface area contributed by atoms with Gasteiger partial charge < -0.3 is 9.88 Å². The molecule has 0 radical (unpaired) electrons. The monoisotopic (exact) mass is 258 g/mol. The van der Waals surface area contributed by atoms with Crippen LogP contribution in [0.5, 0.6) is 0 Å². The van der Waals surface area contributed by atoms with Crippen LogP contribution in [0.15, 0.2) is 30.7 Å².